The zero-order chi connectivity index (χ0) is 17.9. The van der Waals surface area contributed by atoms with Crippen LogP contribution in [0.4, 0.5) is 0 Å². The number of carbonyl (C=O) groups excluding carboxylic acids is 1. The van der Waals surface area contributed by atoms with E-state index < -0.39 is 11.2 Å². The SMILES string of the molecule is O=C(c1cnc2c(c1)c(=O)[nH]c(=O)n2C1CC1)N1CCC2(CCOC2)C1. The molecule has 26 heavy (non-hydrogen) atoms. The fraction of sp³-hybridized carbons (Fsp3) is 0.556. The quantitative estimate of drug-likeness (QED) is 0.853. The van der Waals surface area contributed by atoms with Gasteiger partial charge in [-0.2, -0.15) is 0 Å². The number of nitrogens with one attached hydrogen (secondary N) is 1. The molecule has 2 aliphatic heterocycles. The van der Waals surface area contributed by atoms with Crippen LogP contribution < -0.4 is 11.2 Å². The number of carbonyl (C=O) groups is 1. The first-order valence-corrected chi connectivity index (χ1v) is 9.08. The number of amides is 1. The third-order valence-electron chi connectivity index (χ3n) is 5.85. The molecule has 3 aliphatic rings. The number of fused-ring (bicyclic) bond motifs is 1. The number of nitrogens with zero attached hydrogens (tertiary/aromatic N) is 3. The summed E-state index contributed by atoms with van der Waals surface area (Å²) in [5.41, 5.74) is -0.0885. The van der Waals surface area contributed by atoms with E-state index in [4.69, 9.17) is 4.74 Å². The third kappa shape index (κ3) is 2.39. The Morgan fingerprint density at radius 1 is 1.31 bits per heavy atom. The van der Waals surface area contributed by atoms with E-state index in [-0.39, 0.29) is 17.4 Å². The van der Waals surface area contributed by atoms with E-state index in [2.05, 4.69) is 9.97 Å². The summed E-state index contributed by atoms with van der Waals surface area (Å²) in [4.78, 5) is 45.7. The van der Waals surface area contributed by atoms with Crippen molar-refractivity contribution in [2.45, 2.75) is 31.7 Å². The average Bonchev–Trinajstić information content (AvgIpc) is 3.22. The molecule has 4 heterocycles. The highest BCUT2D eigenvalue weighted by Gasteiger charge is 2.43. The number of aromatic amines is 1. The third-order valence-corrected chi connectivity index (χ3v) is 5.85. The van der Waals surface area contributed by atoms with Gasteiger partial charge in [-0.1, -0.05) is 0 Å². The number of H-pyrrole nitrogens is 1. The Kier molecular flexibility index (Phi) is 3.34. The van der Waals surface area contributed by atoms with Crippen LogP contribution in [-0.2, 0) is 4.74 Å². The Bertz CT molecular complexity index is 1010. The lowest BCUT2D eigenvalue weighted by atomic mass is 9.87. The standard InChI is InChI=1S/C18H20N4O4/c23-15-13-7-11(8-19-14(13)22(12-1-2-12)17(25)20-15)16(24)21-5-3-18(9-21)4-6-26-10-18/h7-8,12H,1-6,9-10H2,(H,20,23,25). The number of likely N-dealkylation sites (tertiary alicyclic amines) is 1. The maximum absolute atomic E-state index is 12.9. The molecule has 0 bridgehead atoms. The molecule has 8 heteroatoms. The van der Waals surface area contributed by atoms with E-state index in [0.717, 1.165) is 32.3 Å². The number of hydrogen-bond donors (Lipinski definition) is 1. The van der Waals surface area contributed by atoms with Gasteiger partial charge < -0.3 is 9.64 Å². The van der Waals surface area contributed by atoms with Gasteiger partial charge in [0.25, 0.3) is 11.5 Å². The van der Waals surface area contributed by atoms with Crippen molar-refractivity contribution in [3.05, 3.63) is 38.7 Å². The number of aromatic nitrogens is 3. The van der Waals surface area contributed by atoms with E-state index in [9.17, 15) is 14.4 Å². The number of hydrogen-bond acceptors (Lipinski definition) is 5. The lowest BCUT2D eigenvalue weighted by molar-refractivity contribution is 0.0765. The summed E-state index contributed by atoms with van der Waals surface area (Å²) in [5, 5.41) is 0.292. The second-order valence-corrected chi connectivity index (χ2v) is 7.73. The van der Waals surface area contributed by atoms with Gasteiger partial charge >= 0.3 is 5.69 Å². The van der Waals surface area contributed by atoms with Crippen molar-refractivity contribution >= 4 is 16.9 Å². The van der Waals surface area contributed by atoms with Gasteiger partial charge in [0.15, 0.2) is 0 Å². The molecule has 1 saturated carbocycles. The van der Waals surface area contributed by atoms with Gasteiger partial charge in [-0.25, -0.2) is 9.78 Å². The van der Waals surface area contributed by atoms with Gasteiger partial charge in [-0.15, -0.1) is 0 Å². The molecular weight excluding hydrogens is 336 g/mol. The summed E-state index contributed by atoms with van der Waals surface area (Å²) in [6.07, 6.45) is 5.23. The van der Waals surface area contributed by atoms with Gasteiger partial charge in [-0.3, -0.25) is 19.1 Å². The smallest absolute Gasteiger partial charge is 0.330 e. The predicted molar refractivity (Wildman–Crippen MR) is 93.3 cm³/mol. The highest BCUT2D eigenvalue weighted by Crippen LogP contribution is 2.38. The van der Waals surface area contributed by atoms with Crippen molar-refractivity contribution in [1.29, 1.82) is 0 Å². The molecule has 1 unspecified atom stereocenters. The molecule has 3 fully saturated rings. The van der Waals surface area contributed by atoms with Crippen LogP contribution in [0.15, 0.2) is 21.9 Å². The topological polar surface area (TPSA) is 97.3 Å². The molecule has 1 amide bonds. The van der Waals surface area contributed by atoms with E-state index in [1.165, 1.54) is 10.8 Å². The molecule has 2 saturated heterocycles. The molecule has 5 rings (SSSR count). The van der Waals surface area contributed by atoms with Crippen LogP contribution in [0.1, 0.15) is 42.1 Å². The van der Waals surface area contributed by atoms with Crippen molar-refractivity contribution in [1.82, 2.24) is 19.4 Å². The van der Waals surface area contributed by atoms with Gasteiger partial charge in [0.1, 0.15) is 5.65 Å². The van der Waals surface area contributed by atoms with E-state index in [0.29, 0.717) is 36.3 Å². The summed E-state index contributed by atoms with van der Waals surface area (Å²) in [6, 6.07) is 1.66. The largest absolute Gasteiger partial charge is 0.381 e. The zero-order valence-electron chi connectivity index (χ0n) is 14.4. The minimum Gasteiger partial charge on any atom is -0.381 e. The molecule has 8 nitrogen and oxygen atoms in total. The molecule has 0 aromatic carbocycles. The molecule has 0 radical (unpaired) electrons. The Balaban J connectivity index is 1.51. The Morgan fingerprint density at radius 2 is 2.15 bits per heavy atom. The maximum atomic E-state index is 12.9. The minimum atomic E-state index is -0.494. The Morgan fingerprint density at radius 3 is 2.88 bits per heavy atom. The lowest BCUT2D eigenvalue weighted by Crippen LogP contribution is -2.33. The van der Waals surface area contributed by atoms with Gasteiger partial charge in [0.05, 0.1) is 17.6 Å². The van der Waals surface area contributed by atoms with Gasteiger partial charge in [0.2, 0.25) is 0 Å². The van der Waals surface area contributed by atoms with Crippen molar-refractivity contribution in [3.8, 4) is 0 Å². The lowest BCUT2D eigenvalue weighted by Gasteiger charge is -2.22. The number of rotatable bonds is 2. The van der Waals surface area contributed by atoms with Crippen molar-refractivity contribution in [3.63, 3.8) is 0 Å². The van der Waals surface area contributed by atoms with Crippen LogP contribution >= 0.6 is 0 Å². The predicted octanol–water partition coefficient (Wildman–Crippen LogP) is 0.672. The molecular formula is C18H20N4O4. The number of pyridine rings is 1. The van der Waals surface area contributed by atoms with Crippen LogP contribution in [0, 0.1) is 5.41 Å². The summed E-state index contributed by atoms with van der Waals surface area (Å²) >= 11 is 0. The van der Waals surface area contributed by atoms with Crippen LogP contribution in [0.3, 0.4) is 0 Å². The first-order valence-electron chi connectivity index (χ1n) is 9.08. The maximum Gasteiger partial charge on any atom is 0.330 e. The van der Waals surface area contributed by atoms with Crippen LogP contribution in [0.2, 0.25) is 0 Å². The normalized spacial score (nSPS) is 25.5. The van der Waals surface area contributed by atoms with E-state index >= 15 is 0 Å². The second kappa shape index (κ2) is 5.51. The molecule has 1 atom stereocenters. The fourth-order valence-corrected chi connectivity index (χ4v) is 4.19. The van der Waals surface area contributed by atoms with Crippen molar-refractivity contribution in [2.75, 3.05) is 26.3 Å². The molecule has 1 N–H and O–H groups in total. The monoisotopic (exact) mass is 356 g/mol. The van der Waals surface area contributed by atoms with Crippen LogP contribution in [0.25, 0.3) is 11.0 Å². The summed E-state index contributed by atoms with van der Waals surface area (Å²) in [6.45, 7) is 2.84. The van der Waals surface area contributed by atoms with Crippen LogP contribution in [-0.4, -0.2) is 51.6 Å². The van der Waals surface area contributed by atoms with Crippen LogP contribution in [0.5, 0.6) is 0 Å². The molecule has 1 aliphatic carbocycles. The van der Waals surface area contributed by atoms with Crippen molar-refractivity contribution < 1.29 is 9.53 Å². The number of ether oxygens (including phenoxy) is 1. The van der Waals surface area contributed by atoms with E-state index in [1.54, 1.807) is 6.07 Å². The highest BCUT2D eigenvalue weighted by atomic mass is 16.5. The van der Waals surface area contributed by atoms with Gasteiger partial charge in [-0.05, 0) is 31.7 Å². The zero-order valence-corrected chi connectivity index (χ0v) is 14.4. The summed E-state index contributed by atoms with van der Waals surface area (Å²) in [7, 11) is 0. The highest BCUT2D eigenvalue weighted by molar-refractivity contribution is 5.97. The first kappa shape index (κ1) is 15.7. The Labute approximate surface area is 148 Å². The summed E-state index contributed by atoms with van der Waals surface area (Å²) < 4.78 is 7.05. The van der Waals surface area contributed by atoms with Crippen molar-refractivity contribution in [2.24, 2.45) is 5.41 Å². The van der Waals surface area contributed by atoms with E-state index in [1.807, 2.05) is 4.90 Å². The van der Waals surface area contributed by atoms with Gasteiger partial charge in [0, 0.05) is 37.4 Å². The Hall–Kier alpha value is -2.48. The summed E-state index contributed by atoms with van der Waals surface area (Å²) in [5.74, 6) is -0.119. The molecule has 2 aromatic heterocycles. The molecule has 1 spiro atoms. The molecule has 136 valence electrons. The average molecular weight is 356 g/mol. The first-order chi connectivity index (χ1) is 12.6. The second-order valence-electron chi connectivity index (χ2n) is 7.73. The minimum absolute atomic E-state index is 0.0872. The fourth-order valence-electron chi connectivity index (χ4n) is 4.19. The molecule has 2 aromatic rings.